The van der Waals surface area contributed by atoms with Gasteiger partial charge in [-0.05, 0) is 35.2 Å². The van der Waals surface area contributed by atoms with Crippen LogP contribution >= 0.6 is 0 Å². The van der Waals surface area contributed by atoms with Crippen LogP contribution in [0.25, 0.3) is 22.4 Å². The number of benzene rings is 1. The number of hydrogen-bond donors (Lipinski definition) is 1. The lowest BCUT2D eigenvalue weighted by Gasteiger charge is -2.28. The first-order chi connectivity index (χ1) is 18.2. The number of aromatic nitrogens is 5. The van der Waals surface area contributed by atoms with Crippen molar-refractivity contribution in [2.75, 3.05) is 25.5 Å². The van der Waals surface area contributed by atoms with E-state index in [9.17, 15) is 18.0 Å². The maximum atomic E-state index is 13.4. The fourth-order valence-electron chi connectivity index (χ4n) is 5.31. The number of aryl methyl sites for hydroxylation is 1. The van der Waals surface area contributed by atoms with Gasteiger partial charge in [0, 0.05) is 76.3 Å². The van der Waals surface area contributed by atoms with E-state index in [1.807, 2.05) is 54.2 Å². The molecule has 0 unspecified atom stereocenters. The number of aromatic amines is 1. The van der Waals surface area contributed by atoms with Gasteiger partial charge in [0.1, 0.15) is 0 Å². The number of rotatable bonds is 5. The third-order valence-corrected chi connectivity index (χ3v) is 7.12. The third kappa shape index (κ3) is 5.19. The minimum atomic E-state index is -4.48. The van der Waals surface area contributed by atoms with Gasteiger partial charge in [-0.25, -0.2) is 9.78 Å². The Morgan fingerprint density at radius 3 is 2.51 bits per heavy atom. The van der Waals surface area contributed by atoms with E-state index in [1.165, 1.54) is 0 Å². The molecule has 1 aliphatic heterocycles. The van der Waals surface area contributed by atoms with Crippen LogP contribution in [0.3, 0.4) is 0 Å². The molecule has 1 aliphatic rings. The molecule has 4 heterocycles. The highest BCUT2D eigenvalue weighted by Gasteiger charge is 2.39. The van der Waals surface area contributed by atoms with Gasteiger partial charge in [0.2, 0.25) is 0 Å². The molecule has 8 nitrogen and oxygen atoms in total. The fraction of sp³-hybridized carbons (Fsp3) is 0.464. The molecule has 39 heavy (non-hydrogen) atoms. The second-order valence-electron chi connectivity index (χ2n) is 11.8. The molecule has 0 spiro atoms. The average Bonchev–Trinajstić information content (AvgIpc) is 3.38. The monoisotopic (exact) mass is 541 g/mol. The van der Waals surface area contributed by atoms with Gasteiger partial charge < -0.3 is 4.90 Å². The van der Waals surface area contributed by atoms with Crippen LogP contribution in [0, 0.1) is 5.41 Å². The lowest BCUT2D eigenvalue weighted by molar-refractivity contribution is -0.142. The highest BCUT2D eigenvalue weighted by Crippen LogP contribution is 2.35. The molecule has 208 valence electrons. The van der Waals surface area contributed by atoms with E-state index in [0.717, 1.165) is 28.0 Å². The lowest BCUT2D eigenvalue weighted by atomic mass is 9.97. The van der Waals surface area contributed by atoms with Crippen LogP contribution in [-0.2, 0) is 39.3 Å². The molecule has 3 aromatic heterocycles. The Morgan fingerprint density at radius 1 is 1.10 bits per heavy atom. The zero-order valence-electron chi connectivity index (χ0n) is 23.1. The summed E-state index contributed by atoms with van der Waals surface area (Å²) < 4.78 is 43.7. The molecule has 0 fully saturated rings. The maximum Gasteiger partial charge on any atom is 0.435 e. The molecule has 0 aliphatic carbocycles. The minimum absolute atomic E-state index is 0.0737. The molecular weight excluding hydrogens is 507 g/mol. The summed E-state index contributed by atoms with van der Waals surface area (Å²) >= 11 is 0. The normalized spacial score (nSPS) is 14.7. The van der Waals surface area contributed by atoms with Crippen molar-refractivity contribution in [3.05, 3.63) is 63.3 Å². The molecule has 1 N–H and O–H groups in total. The smallest absolute Gasteiger partial charge is 0.377 e. The van der Waals surface area contributed by atoms with Crippen molar-refractivity contribution < 1.29 is 13.2 Å². The first-order valence-corrected chi connectivity index (χ1v) is 13.0. The van der Waals surface area contributed by atoms with E-state index in [1.54, 1.807) is 16.2 Å². The van der Waals surface area contributed by atoms with E-state index in [4.69, 9.17) is 4.98 Å². The van der Waals surface area contributed by atoms with Crippen molar-refractivity contribution in [1.82, 2.24) is 29.2 Å². The summed E-state index contributed by atoms with van der Waals surface area (Å²) in [5, 5.41) is 6.11. The van der Waals surface area contributed by atoms with E-state index in [2.05, 4.69) is 31.0 Å². The molecule has 0 bridgehead atoms. The summed E-state index contributed by atoms with van der Waals surface area (Å²) in [6.07, 6.45) is -4.00. The summed E-state index contributed by atoms with van der Waals surface area (Å²) in [4.78, 5) is 21.9. The zero-order chi connectivity index (χ0) is 28.3. The van der Waals surface area contributed by atoms with Gasteiger partial charge in [-0.2, -0.15) is 18.3 Å². The first kappa shape index (κ1) is 27.0. The standard InChI is InChI=1S/C28H34F3N7O/c1-27(2,3)16-38-23-10-8-20(32-25(23)36(6)26(38)39)18-13-17(7-9-22(18)35(4)5)14-37-12-11-21-19(15-37)24(34-33-21)28(29,30)31/h7-10,13H,11-12,14-16H2,1-6H3,(H,33,34). The summed E-state index contributed by atoms with van der Waals surface area (Å²) in [5.41, 5.74) is 4.73. The van der Waals surface area contributed by atoms with Crippen molar-refractivity contribution in [3.63, 3.8) is 0 Å². The Labute approximate surface area is 225 Å². The molecular formula is C28H34F3N7O. The van der Waals surface area contributed by atoms with E-state index < -0.39 is 11.9 Å². The predicted octanol–water partition coefficient (Wildman–Crippen LogP) is 4.81. The number of nitrogens with one attached hydrogen (secondary N) is 1. The Morgan fingerprint density at radius 2 is 1.85 bits per heavy atom. The molecule has 0 saturated carbocycles. The van der Waals surface area contributed by atoms with E-state index >= 15 is 0 Å². The van der Waals surface area contributed by atoms with Gasteiger partial charge in [-0.15, -0.1) is 0 Å². The predicted molar refractivity (Wildman–Crippen MR) is 146 cm³/mol. The molecule has 5 rings (SSSR count). The minimum Gasteiger partial charge on any atom is -0.377 e. The number of halogens is 3. The third-order valence-electron chi connectivity index (χ3n) is 7.12. The Hall–Kier alpha value is -3.60. The molecule has 0 saturated heterocycles. The second kappa shape index (κ2) is 9.55. The van der Waals surface area contributed by atoms with Crippen LogP contribution in [0.2, 0.25) is 0 Å². The lowest BCUT2D eigenvalue weighted by Crippen LogP contribution is -2.31. The number of fused-ring (bicyclic) bond motifs is 2. The van der Waals surface area contributed by atoms with E-state index in [-0.39, 0.29) is 23.2 Å². The zero-order valence-corrected chi connectivity index (χ0v) is 23.1. The Balaban J connectivity index is 1.49. The number of nitrogens with zero attached hydrogens (tertiary/aromatic N) is 6. The van der Waals surface area contributed by atoms with Gasteiger partial charge in [0.05, 0.1) is 11.2 Å². The number of alkyl halides is 3. The van der Waals surface area contributed by atoms with E-state index in [0.29, 0.717) is 37.4 Å². The molecule has 0 amide bonds. The molecule has 4 aromatic rings. The van der Waals surface area contributed by atoms with Crippen LogP contribution in [0.5, 0.6) is 0 Å². The van der Waals surface area contributed by atoms with Crippen LogP contribution < -0.4 is 10.6 Å². The number of imidazole rings is 1. The molecule has 0 atom stereocenters. The highest BCUT2D eigenvalue weighted by atomic mass is 19.4. The fourth-order valence-corrected chi connectivity index (χ4v) is 5.31. The van der Waals surface area contributed by atoms with Crippen molar-refractivity contribution in [2.24, 2.45) is 12.5 Å². The topological polar surface area (TPSA) is 75.0 Å². The number of H-pyrrole nitrogens is 1. The van der Waals surface area contributed by atoms with Crippen molar-refractivity contribution in [3.8, 4) is 11.3 Å². The van der Waals surface area contributed by atoms with Gasteiger partial charge in [0.15, 0.2) is 11.3 Å². The van der Waals surface area contributed by atoms with Crippen molar-refractivity contribution >= 4 is 16.9 Å². The SMILES string of the molecule is CN(C)c1ccc(CN2CCc3[nH]nc(C(F)(F)F)c3C2)cc1-c1ccc2c(n1)n(C)c(=O)n2CC(C)(C)C. The largest absolute Gasteiger partial charge is 0.435 e. The van der Waals surface area contributed by atoms with Crippen LogP contribution in [0.1, 0.15) is 43.3 Å². The Kier molecular flexibility index (Phi) is 6.61. The van der Waals surface area contributed by atoms with Crippen LogP contribution in [0.4, 0.5) is 18.9 Å². The first-order valence-electron chi connectivity index (χ1n) is 13.0. The average molecular weight is 542 g/mol. The van der Waals surface area contributed by atoms with Gasteiger partial charge >= 0.3 is 11.9 Å². The maximum absolute atomic E-state index is 13.4. The quantitative estimate of drug-likeness (QED) is 0.392. The van der Waals surface area contributed by atoms with Gasteiger partial charge in [0.25, 0.3) is 0 Å². The summed E-state index contributed by atoms with van der Waals surface area (Å²) in [7, 11) is 5.65. The number of hydrogen-bond acceptors (Lipinski definition) is 5. The summed E-state index contributed by atoms with van der Waals surface area (Å²) in [5.74, 6) is 0. The van der Waals surface area contributed by atoms with Crippen molar-refractivity contribution in [2.45, 2.75) is 53.0 Å². The summed E-state index contributed by atoms with van der Waals surface area (Å²) in [6, 6.07) is 9.93. The van der Waals surface area contributed by atoms with Crippen LogP contribution in [0.15, 0.2) is 35.1 Å². The van der Waals surface area contributed by atoms with Crippen molar-refractivity contribution in [1.29, 1.82) is 0 Å². The Bertz CT molecular complexity index is 1590. The number of pyridine rings is 1. The molecule has 0 radical (unpaired) electrons. The van der Waals surface area contributed by atoms with Crippen LogP contribution in [-0.4, -0.2) is 49.9 Å². The summed E-state index contributed by atoms with van der Waals surface area (Å²) in [6.45, 7) is 8.15. The number of anilines is 1. The molecule has 11 heteroatoms. The highest BCUT2D eigenvalue weighted by molar-refractivity contribution is 5.82. The van der Waals surface area contributed by atoms with Gasteiger partial charge in [-0.1, -0.05) is 26.8 Å². The second-order valence-corrected chi connectivity index (χ2v) is 11.8. The van der Waals surface area contributed by atoms with Gasteiger partial charge in [-0.3, -0.25) is 19.1 Å². The molecule has 1 aromatic carbocycles.